The molecule has 1 aliphatic heterocycles. The SMILES string of the molecule is CCC[Si]1(C)CCCC(OC(F)C(F)C(F)F)O1. The fourth-order valence-electron chi connectivity index (χ4n) is 2.22. The summed E-state index contributed by atoms with van der Waals surface area (Å²) in [5.41, 5.74) is 0. The highest BCUT2D eigenvalue weighted by atomic mass is 28.4. The highest BCUT2D eigenvalue weighted by molar-refractivity contribution is 6.72. The van der Waals surface area contributed by atoms with Crippen molar-refractivity contribution in [1.29, 1.82) is 0 Å². The molecular weight excluding hydrogens is 268 g/mol. The van der Waals surface area contributed by atoms with Crippen LogP contribution in [0.1, 0.15) is 26.2 Å². The molecule has 7 heteroatoms. The largest absolute Gasteiger partial charge is 0.392 e. The zero-order chi connectivity index (χ0) is 13.8. The summed E-state index contributed by atoms with van der Waals surface area (Å²) in [6.45, 7) is 4.04. The maximum absolute atomic E-state index is 13.1. The third-order valence-electron chi connectivity index (χ3n) is 3.11. The first kappa shape index (κ1) is 15.9. The second-order valence-electron chi connectivity index (χ2n) is 4.91. The van der Waals surface area contributed by atoms with Gasteiger partial charge in [-0.1, -0.05) is 13.3 Å². The van der Waals surface area contributed by atoms with E-state index in [1.54, 1.807) is 0 Å². The van der Waals surface area contributed by atoms with Gasteiger partial charge in [0.25, 0.3) is 6.43 Å². The number of hydrogen-bond donors (Lipinski definition) is 0. The first-order valence-corrected chi connectivity index (χ1v) is 9.10. The monoisotopic (exact) mass is 288 g/mol. The summed E-state index contributed by atoms with van der Waals surface area (Å²) < 4.78 is 60.1. The maximum Gasteiger partial charge on any atom is 0.274 e. The van der Waals surface area contributed by atoms with Crippen molar-refractivity contribution < 1.29 is 26.7 Å². The highest BCUT2D eigenvalue weighted by Crippen LogP contribution is 2.32. The van der Waals surface area contributed by atoms with Crippen LogP contribution in [0.4, 0.5) is 17.6 Å². The van der Waals surface area contributed by atoms with Crippen LogP contribution in [0.15, 0.2) is 0 Å². The van der Waals surface area contributed by atoms with Gasteiger partial charge >= 0.3 is 0 Å². The summed E-state index contributed by atoms with van der Waals surface area (Å²) in [5, 5.41) is 0. The van der Waals surface area contributed by atoms with Gasteiger partial charge in [0.15, 0.2) is 14.6 Å². The van der Waals surface area contributed by atoms with Gasteiger partial charge in [-0.3, -0.25) is 0 Å². The summed E-state index contributed by atoms with van der Waals surface area (Å²) >= 11 is 0. The van der Waals surface area contributed by atoms with Gasteiger partial charge in [-0.05, 0) is 31.5 Å². The molecule has 0 saturated carbocycles. The van der Waals surface area contributed by atoms with Crippen LogP contribution in [0.5, 0.6) is 0 Å². The molecule has 1 saturated heterocycles. The van der Waals surface area contributed by atoms with Gasteiger partial charge in [0.2, 0.25) is 12.5 Å². The third kappa shape index (κ3) is 4.51. The summed E-state index contributed by atoms with van der Waals surface area (Å²) in [4.78, 5) is 0. The minimum Gasteiger partial charge on any atom is -0.392 e. The van der Waals surface area contributed by atoms with Gasteiger partial charge in [0.05, 0.1) is 0 Å². The number of halogens is 4. The van der Waals surface area contributed by atoms with Crippen LogP contribution in [0, 0.1) is 0 Å². The molecule has 0 aromatic carbocycles. The normalized spacial score (nSPS) is 32.5. The fraction of sp³-hybridized carbons (Fsp3) is 1.00. The molecule has 0 aromatic rings. The maximum atomic E-state index is 13.1. The van der Waals surface area contributed by atoms with Crippen molar-refractivity contribution in [2.45, 2.75) is 70.1 Å². The lowest BCUT2D eigenvalue weighted by Crippen LogP contribution is -2.45. The molecule has 0 amide bonds. The van der Waals surface area contributed by atoms with Gasteiger partial charge in [0, 0.05) is 0 Å². The van der Waals surface area contributed by atoms with Crippen molar-refractivity contribution in [3.05, 3.63) is 0 Å². The van der Waals surface area contributed by atoms with E-state index in [1.165, 1.54) is 0 Å². The molecule has 18 heavy (non-hydrogen) atoms. The summed E-state index contributed by atoms with van der Waals surface area (Å²) in [5.74, 6) is 0. The first-order chi connectivity index (χ1) is 8.38. The average Bonchev–Trinajstić information content (AvgIpc) is 2.27. The molecule has 0 aliphatic carbocycles. The molecule has 1 aliphatic rings. The number of rotatable bonds is 6. The molecule has 108 valence electrons. The summed E-state index contributed by atoms with van der Waals surface area (Å²) in [7, 11) is -1.93. The fourth-order valence-corrected chi connectivity index (χ4v) is 5.52. The van der Waals surface area contributed by atoms with E-state index in [0.29, 0.717) is 6.42 Å². The lowest BCUT2D eigenvalue weighted by molar-refractivity contribution is -0.212. The molecule has 1 heterocycles. The average molecular weight is 288 g/mol. The number of ether oxygens (including phenoxy) is 1. The molecular formula is C11H20F4O2Si. The first-order valence-electron chi connectivity index (χ1n) is 6.27. The van der Waals surface area contributed by atoms with Crippen LogP contribution in [0.2, 0.25) is 18.6 Å². The van der Waals surface area contributed by atoms with Gasteiger partial charge < -0.3 is 9.16 Å². The van der Waals surface area contributed by atoms with E-state index in [-0.39, 0.29) is 0 Å². The second-order valence-corrected chi connectivity index (χ2v) is 9.04. The quantitative estimate of drug-likeness (QED) is 0.543. The van der Waals surface area contributed by atoms with Gasteiger partial charge in [0.1, 0.15) is 0 Å². The molecule has 0 N–H and O–H groups in total. The van der Waals surface area contributed by atoms with E-state index in [0.717, 1.165) is 24.9 Å². The smallest absolute Gasteiger partial charge is 0.274 e. The van der Waals surface area contributed by atoms with E-state index in [4.69, 9.17) is 4.43 Å². The van der Waals surface area contributed by atoms with Crippen molar-refractivity contribution in [1.82, 2.24) is 0 Å². The number of hydrogen-bond acceptors (Lipinski definition) is 2. The van der Waals surface area contributed by atoms with Gasteiger partial charge in [-0.2, -0.15) is 0 Å². The van der Waals surface area contributed by atoms with Crippen LogP contribution in [-0.2, 0) is 9.16 Å². The molecule has 0 spiro atoms. The van der Waals surface area contributed by atoms with Crippen molar-refractivity contribution in [3.8, 4) is 0 Å². The van der Waals surface area contributed by atoms with Crippen LogP contribution in [-0.4, -0.2) is 33.6 Å². The summed E-state index contributed by atoms with van der Waals surface area (Å²) in [6.07, 6.45) is -7.58. The lowest BCUT2D eigenvalue weighted by atomic mass is 10.3. The zero-order valence-corrected chi connectivity index (χ0v) is 11.7. The molecule has 1 fully saturated rings. The van der Waals surface area contributed by atoms with Crippen LogP contribution in [0.3, 0.4) is 0 Å². The molecule has 4 atom stereocenters. The minimum absolute atomic E-state index is 0.433. The lowest BCUT2D eigenvalue weighted by Gasteiger charge is -2.37. The highest BCUT2D eigenvalue weighted by Gasteiger charge is 2.39. The van der Waals surface area contributed by atoms with Crippen molar-refractivity contribution in [3.63, 3.8) is 0 Å². The second kappa shape index (κ2) is 6.86. The predicted octanol–water partition coefficient (Wildman–Crippen LogP) is 4.02. The van der Waals surface area contributed by atoms with Crippen LogP contribution >= 0.6 is 0 Å². The van der Waals surface area contributed by atoms with E-state index >= 15 is 0 Å². The Hall–Kier alpha value is -0.143. The Morgan fingerprint density at radius 3 is 2.56 bits per heavy atom. The third-order valence-corrected chi connectivity index (χ3v) is 6.91. The molecule has 2 nitrogen and oxygen atoms in total. The summed E-state index contributed by atoms with van der Waals surface area (Å²) in [6, 6.07) is 1.86. The van der Waals surface area contributed by atoms with Crippen molar-refractivity contribution in [2.75, 3.05) is 0 Å². The Bertz CT molecular complexity index is 253. The van der Waals surface area contributed by atoms with Crippen LogP contribution in [0.25, 0.3) is 0 Å². The van der Waals surface area contributed by atoms with E-state index in [9.17, 15) is 17.6 Å². The standard InChI is InChI=1S/C11H20F4O2Si/c1-3-6-18(2)7-4-5-8(17-18)16-11(15)9(12)10(13)14/h8-11H,3-7H2,1-2H3. The molecule has 4 unspecified atom stereocenters. The molecule has 0 bridgehead atoms. The van der Waals surface area contributed by atoms with E-state index in [2.05, 4.69) is 4.74 Å². The Morgan fingerprint density at radius 1 is 1.33 bits per heavy atom. The Kier molecular flexibility index (Phi) is 6.06. The van der Waals surface area contributed by atoms with Gasteiger partial charge in [-0.15, -0.1) is 0 Å². The van der Waals surface area contributed by atoms with E-state index in [1.807, 2.05) is 13.5 Å². The zero-order valence-electron chi connectivity index (χ0n) is 10.7. The van der Waals surface area contributed by atoms with Crippen molar-refractivity contribution in [2.24, 2.45) is 0 Å². The Balaban J connectivity index is 2.47. The molecule has 0 aromatic heterocycles. The Morgan fingerprint density at radius 2 is 2.00 bits per heavy atom. The predicted molar refractivity (Wildman–Crippen MR) is 62.5 cm³/mol. The van der Waals surface area contributed by atoms with Crippen molar-refractivity contribution >= 4 is 8.32 Å². The van der Waals surface area contributed by atoms with Crippen LogP contribution < -0.4 is 0 Å². The molecule has 0 radical (unpaired) electrons. The van der Waals surface area contributed by atoms with E-state index < -0.39 is 33.6 Å². The minimum atomic E-state index is -3.37. The topological polar surface area (TPSA) is 18.5 Å². The van der Waals surface area contributed by atoms with Gasteiger partial charge in [-0.25, -0.2) is 17.6 Å². The Labute approximate surface area is 106 Å². The molecule has 1 rings (SSSR count). The number of alkyl halides is 4.